The van der Waals surface area contributed by atoms with Crippen molar-refractivity contribution in [1.29, 1.82) is 0 Å². The van der Waals surface area contributed by atoms with Crippen molar-refractivity contribution in [3.05, 3.63) is 53.4 Å². The van der Waals surface area contributed by atoms with Crippen molar-refractivity contribution in [3.8, 4) is 34.1 Å². The van der Waals surface area contributed by atoms with Gasteiger partial charge >= 0.3 is 5.97 Å². The Labute approximate surface area is 196 Å². The fourth-order valence-corrected chi connectivity index (χ4v) is 4.03. The lowest BCUT2D eigenvalue weighted by Gasteiger charge is -2.12. The summed E-state index contributed by atoms with van der Waals surface area (Å²) >= 11 is 1.23. The Kier molecular flexibility index (Phi) is 8.15. The third-order valence-corrected chi connectivity index (χ3v) is 5.54. The van der Waals surface area contributed by atoms with Gasteiger partial charge in [0.15, 0.2) is 18.1 Å². The molecular formula is C24H25NO7S. The summed E-state index contributed by atoms with van der Waals surface area (Å²) in [4.78, 5) is 25.3. The zero-order valence-electron chi connectivity index (χ0n) is 18.8. The Morgan fingerprint density at radius 1 is 0.909 bits per heavy atom. The van der Waals surface area contributed by atoms with Crippen molar-refractivity contribution in [2.24, 2.45) is 0 Å². The second-order valence-corrected chi connectivity index (χ2v) is 7.54. The predicted molar refractivity (Wildman–Crippen MR) is 126 cm³/mol. The Morgan fingerprint density at radius 3 is 2.24 bits per heavy atom. The van der Waals surface area contributed by atoms with Gasteiger partial charge in [0.05, 0.1) is 27.9 Å². The van der Waals surface area contributed by atoms with Crippen LogP contribution in [0.25, 0.3) is 11.1 Å². The van der Waals surface area contributed by atoms with Gasteiger partial charge in [-0.25, -0.2) is 4.79 Å². The van der Waals surface area contributed by atoms with Gasteiger partial charge in [0, 0.05) is 10.9 Å². The highest BCUT2D eigenvalue weighted by molar-refractivity contribution is 7.15. The van der Waals surface area contributed by atoms with Gasteiger partial charge in [-0.05, 0) is 48.9 Å². The molecule has 9 heteroatoms. The summed E-state index contributed by atoms with van der Waals surface area (Å²) in [7, 11) is 4.66. The molecule has 0 bridgehead atoms. The summed E-state index contributed by atoms with van der Waals surface area (Å²) in [5, 5.41) is 4.92. The first-order chi connectivity index (χ1) is 16.0. The molecule has 0 aliphatic carbocycles. The third kappa shape index (κ3) is 5.75. The van der Waals surface area contributed by atoms with Crippen LogP contribution in [-0.2, 0) is 9.53 Å². The maximum Gasteiger partial charge on any atom is 0.341 e. The molecule has 1 N–H and O–H groups in total. The van der Waals surface area contributed by atoms with Crippen LogP contribution in [0.15, 0.2) is 47.8 Å². The molecule has 1 heterocycles. The summed E-state index contributed by atoms with van der Waals surface area (Å²) < 4.78 is 26.5. The summed E-state index contributed by atoms with van der Waals surface area (Å²) in [5.74, 6) is 1.36. The first-order valence-electron chi connectivity index (χ1n) is 10.1. The summed E-state index contributed by atoms with van der Waals surface area (Å²) in [6, 6.07) is 12.2. The van der Waals surface area contributed by atoms with E-state index in [1.807, 2.05) is 6.07 Å². The molecule has 2 aromatic carbocycles. The van der Waals surface area contributed by atoms with E-state index in [-0.39, 0.29) is 18.8 Å². The molecule has 0 saturated carbocycles. The normalized spacial score (nSPS) is 10.3. The van der Waals surface area contributed by atoms with E-state index in [2.05, 4.69) is 5.32 Å². The smallest absolute Gasteiger partial charge is 0.341 e. The van der Waals surface area contributed by atoms with Crippen LogP contribution >= 0.6 is 11.3 Å². The number of nitrogens with one attached hydrogen (secondary N) is 1. The number of hydrogen-bond donors (Lipinski definition) is 1. The van der Waals surface area contributed by atoms with E-state index in [0.29, 0.717) is 33.6 Å². The van der Waals surface area contributed by atoms with Crippen molar-refractivity contribution in [1.82, 2.24) is 0 Å². The van der Waals surface area contributed by atoms with Crippen LogP contribution in [-0.4, -0.2) is 46.4 Å². The lowest BCUT2D eigenvalue weighted by molar-refractivity contribution is -0.118. The number of hydrogen-bond acceptors (Lipinski definition) is 8. The molecule has 0 aliphatic rings. The maximum atomic E-state index is 12.8. The standard InChI is InChI=1S/C24H25NO7S/c1-5-31-24(27)22-18(15-6-11-19(29-3)20(12-15)30-4)14-33-23(22)25-21(26)13-32-17-9-7-16(28-2)8-10-17/h6-12,14H,5,13H2,1-4H3,(H,25,26). The SMILES string of the molecule is CCOC(=O)c1c(-c2ccc(OC)c(OC)c2)csc1NC(=O)COc1ccc(OC)cc1. The van der Waals surface area contributed by atoms with Crippen LogP contribution in [0.2, 0.25) is 0 Å². The van der Waals surface area contributed by atoms with Crippen molar-refractivity contribution in [2.75, 3.05) is 39.9 Å². The van der Waals surface area contributed by atoms with Gasteiger partial charge in [-0.15, -0.1) is 11.3 Å². The minimum absolute atomic E-state index is 0.202. The number of anilines is 1. The van der Waals surface area contributed by atoms with Gasteiger partial charge in [-0.3, -0.25) is 4.79 Å². The summed E-state index contributed by atoms with van der Waals surface area (Å²) in [5.41, 5.74) is 1.61. The predicted octanol–water partition coefficient (Wildman–Crippen LogP) is 4.64. The Hall–Kier alpha value is -3.72. The molecule has 3 rings (SSSR count). The van der Waals surface area contributed by atoms with Gasteiger partial charge in [-0.2, -0.15) is 0 Å². The molecule has 0 atom stereocenters. The molecule has 0 fully saturated rings. The van der Waals surface area contributed by atoms with Gasteiger partial charge in [0.25, 0.3) is 5.91 Å². The molecule has 174 valence electrons. The van der Waals surface area contributed by atoms with Crippen molar-refractivity contribution in [2.45, 2.75) is 6.92 Å². The monoisotopic (exact) mass is 471 g/mol. The van der Waals surface area contributed by atoms with E-state index in [4.69, 9.17) is 23.7 Å². The second-order valence-electron chi connectivity index (χ2n) is 6.66. The zero-order chi connectivity index (χ0) is 23.8. The number of amides is 1. The van der Waals surface area contributed by atoms with E-state index in [0.717, 1.165) is 5.56 Å². The van der Waals surface area contributed by atoms with Gasteiger partial charge < -0.3 is 29.0 Å². The molecule has 3 aromatic rings. The van der Waals surface area contributed by atoms with Crippen LogP contribution < -0.4 is 24.3 Å². The van der Waals surface area contributed by atoms with Crippen molar-refractivity contribution in [3.63, 3.8) is 0 Å². The molecule has 0 aliphatic heterocycles. The fourth-order valence-electron chi connectivity index (χ4n) is 3.06. The highest BCUT2D eigenvalue weighted by Gasteiger charge is 2.23. The highest BCUT2D eigenvalue weighted by Crippen LogP contribution is 2.39. The second kappa shape index (κ2) is 11.2. The van der Waals surface area contributed by atoms with Gasteiger partial charge in [0.1, 0.15) is 22.1 Å². The van der Waals surface area contributed by atoms with E-state index >= 15 is 0 Å². The number of methoxy groups -OCH3 is 3. The van der Waals surface area contributed by atoms with E-state index in [1.165, 1.54) is 18.4 Å². The lowest BCUT2D eigenvalue weighted by Crippen LogP contribution is -2.21. The molecule has 0 radical (unpaired) electrons. The maximum absolute atomic E-state index is 12.8. The molecule has 1 aromatic heterocycles. The van der Waals surface area contributed by atoms with E-state index in [9.17, 15) is 9.59 Å². The fraction of sp³-hybridized carbons (Fsp3) is 0.250. The molecule has 0 unspecified atom stereocenters. The minimum atomic E-state index is -0.532. The number of carbonyl (C=O) groups excluding carboxylic acids is 2. The van der Waals surface area contributed by atoms with Crippen molar-refractivity contribution >= 4 is 28.2 Å². The average Bonchev–Trinajstić information content (AvgIpc) is 3.26. The number of esters is 1. The van der Waals surface area contributed by atoms with E-state index in [1.54, 1.807) is 62.9 Å². The van der Waals surface area contributed by atoms with Crippen molar-refractivity contribution < 1.29 is 33.3 Å². The Balaban J connectivity index is 1.82. The molecule has 33 heavy (non-hydrogen) atoms. The van der Waals surface area contributed by atoms with Crippen LogP contribution in [0.1, 0.15) is 17.3 Å². The number of thiophene rings is 1. The Morgan fingerprint density at radius 2 is 1.61 bits per heavy atom. The number of rotatable bonds is 10. The van der Waals surface area contributed by atoms with Crippen LogP contribution in [0.4, 0.5) is 5.00 Å². The molecule has 0 spiro atoms. The Bertz CT molecular complexity index is 1110. The van der Waals surface area contributed by atoms with Crippen LogP contribution in [0.5, 0.6) is 23.0 Å². The number of carbonyl (C=O) groups is 2. The van der Waals surface area contributed by atoms with E-state index < -0.39 is 11.9 Å². The number of benzene rings is 2. The van der Waals surface area contributed by atoms with Crippen LogP contribution in [0.3, 0.4) is 0 Å². The third-order valence-electron chi connectivity index (χ3n) is 4.65. The molecular weight excluding hydrogens is 446 g/mol. The lowest BCUT2D eigenvalue weighted by atomic mass is 10.0. The van der Waals surface area contributed by atoms with Crippen LogP contribution in [0, 0.1) is 0 Å². The summed E-state index contributed by atoms with van der Waals surface area (Å²) in [6.45, 7) is 1.70. The number of ether oxygens (including phenoxy) is 5. The summed E-state index contributed by atoms with van der Waals surface area (Å²) in [6.07, 6.45) is 0. The molecule has 1 amide bonds. The first-order valence-corrected chi connectivity index (χ1v) is 11.0. The zero-order valence-corrected chi connectivity index (χ0v) is 19.6. The minimum Gasteiger partial charge on any atom is -0.497 e. The quantitative estimate of drug-likeness (QED) is 0.431. The largest absolute Gasteiger partial charge is 0.497 e. The molecule has 0 saturated heterocycles. The topological polar surface area (TPSA) is 92.3 Å². The van der Waals surface area contributed by atoms with Gasteiger partial charge in [-0.1, -0.05) is 6.07 Å². The first kappa shape index (κ1) is 23.9. The molecule has 8 nitrogen and oxygen atoms in total. The highest BCUT2D eigenvalue weighted by atomic mass is 32.1. The van der Waals surface area contributed by atoms with Gasteiger partial charge in [0.2, 0.25) is 0 Å². The average molecular weight is 472 g/mol.